The molecule has 14 heavy (non-hydrogen) atoms. The van der Waals surface area contributed by atoms with Gasteiger partial charge in [0.1, 0.15) is 5.82 Å². The third kappa shape index (κ3) is 3.43. The standard InChI is InChI=1S/C8H10N2O2.C2H6/c1-9-7-5-3-4-6(10-7)8(11)12-2;1-2/h3-5H,1-2H3,(H,9,10);1-2H3. The summed E-state index contributed by atoms with van der Waals surface area (Å²) < 4.78 is 4.51. The van der Waals surface area contributed by atoms with Gasteiger partial charge in [-0.3, -0.25) is 0 Å². The molecular formula is C10H16N2O2. The van der Waals surface area contributed by atoms with Gasteiger partial charge in [0, 0.05) is 7.05 Å². The van der Waals surface area contributed by atoms with Gasteiger partial charge in [-0.25, -0.2) is 9.78 Å². The van der Waals surface area contributed by atoms with Gasteiger partial charge in [0.2, 0.25) is 0 Å². The maximum atomic E-state index is 11.0. The summed E-state index contributed by atoms with van der Waals surface area (Å²) in [4.78, 5) is 14.9. The smallest absolute Gasteiger partial charge is 0.356 e. The van der Waals surface area contributed by atoms with Crippen LogP contribution in [-0.2, 0) is 4.74 Å². The van der Waals surface area contributed by atoms with E-state index < -0.39 is 5.97 Å². The number of carbonyl (C=O) groups is 1. The van der Waals surface area contributed by atoms with E-state index in [9.17, 15) is 4.79 Å². The number of ether oxygens (including phenoxy) is 1. The lowest BCUT2D eigenvalue weighted by atomic mass is 10.3. The molecule has 78 valence electrons. The van der Waals surface area contributed by atoms with Crippen LogP contribution in [0.4, 0.5) is 5.82 Å². The molecule has 1 N–H and O–H groups in total. The molecule has 0 fully saturated rings. The predicted molar refractivity (Wildman–Crippen MR) is 56.5 cm³/mol. The minimum atomic E-state index is -0.424. The molecule has 1 aromatic rings. The van der Waals surface area contributed by atoms with Crippen LogP contribution in [0.2, 0.25) is 0 Å². The first kappa shape index (κ1) is 12.4. The summed E-state index contributed by atoms with van der Waals surface area (Å²) in [5.74, 6) is 0.227. The Morgan fingerprint density at radius 1 is 1.43 bits per heavy atom. The number of hydrogen-bond donors (Lipinski definition) is 1. The minimum Gasteiger partial charge on any atom is -0.464 e. The molecule has 0 aliphatic carbocycles. The van der Waals surface area contributed by atoms with E-state index in [0.717, 1.165) is 0 Å². The molecule has 1 aromatic heterocycles. The van der Waals surface area contributed by atoms with Crippen LogP contribution in [0.5, 0.6) is 0 Å². The first-order valence-electron chi connectivity index (χ1n) is 4.51. The summed E-state index contributed by atoms with van der Waals surface area (Å²) in [6, 6.07) is 5.12. The highest BCUT2D eigenvalue weighted by Gasteiger charge is 2.05. The monoisotopic (exact) mass is 196 g/mol. The molecule has 0 saturated carbocycles. The van der Waals surface area contributed by atoms with Crippen LogP contribution >= 0.6 is 0 Å². The minimum absolute atomic E-state index is 0.310. The second-order valence-corrected chi connectivity index (χ2v) is 2.15. The summed E-state index contributed by atoms with van der Waals surface area (Å²) in [5, 5.41) is 2.83. The molecule has 0 spiro atoms. The summed E-state index contributed by atoms with van der Waals surface area (Å²) >= 11 is 0. The molecule has 1 heterocycles. The molecule has 0 aromatic carbocycles. The van der Waals surface area contributed by atoms with E-state index >= 15 is 0 Å². The highest BCUT2D eigenvalue weighted by molar-refractivity contribution is 5.87. The largest absolute Gasteiger partial charge is 0.464 e. The number of nitrogens with zero attached hydrogens (tertiary/aromatic N) is 1. The van der Waals surface area contributed by atoms with Crippen molar-refractivity contribution in [3.05, 3.63) is 23.9 Å². The SMILES string of the molecule is CC.CNc1cccc(C(=O)OC)n1. The van der Waals surface area contributed by atoms with Crippen molar-refractivity contribution in [3.8, 4) is 0 Å². The average molecular weight is 196 g/mol. The van der Waals surface area contributed by atoms with Crippen LogP contribution in [-0.4, -0.2) is 25.1 Å². The number of hydrogen-bond acceptors (Lipinski definition) is 4. The Kier molecular flexibility index (Phi) is 6.11. The van der Waals surface area contributed by atoms with E-state index in [4.69, 9.17) is 0 Å². The fraction of sp³-hybridized carbons (Fsp3) is 0.400. The average Bonchev–Trinajstić information content (AvgIpc) is 2.30. The van der Waals surface area contributed by atoms with Crippen LogP contribution in [0.15, 0.2) is 18.2 Å². The molecule has 0 unspecified atom stereocenters. The number of rotatable bonds is 2. The Morgan fingerprint density at radius 3 is 2.57 bits per heavy atom. The van der Waals surface area contributed by atoms with Crippen LogP contribution in [0, 0.1) is 0 Å². The van der Waals surface area contributed by atoms with Gasteiger partial charge in [-0.1, -0.05) is 19.9 Å². The van der Waals surface area contributed by atoms with Gasteiger partial charge in [0.15, 0.2) is 5.69 Å². The quantitative estimate of drug-likeness (QED) is 0.734. The Balaban J connectivity index is 0.000000791. The third-order valence-corrected chi connectivity index (χ3v) is 1.40. The van der Waals surface area contributed by atoms with Gasteiger partial charge >= 0.3 is 5.97 Å². The topological polar surface area (TPSA) is 51.2 Å². The number of methoxy groups -OCH3 is 1. The predicted octanol–water partition coefficient (Wildman–Crippen LogP) is 1.94. The lowest BCUT2D eigenvalue weighted by molar-refractivity contribution is 0.0594. The van der Waals surface area contributed by atoms with Crippen LogP contribution in [0.25, 0.3) is 0 Å². The van der Waals surface area contributed by atoms with Crippen molar-refractivity contribution in [2.75, 3.05) is 19.5 Å². The fourth-order valence-corrected chi connectivity index (χ4v) is 0.792. The molecule has 0 aliphatic rings. The van der Waals surface area contributed by atoms with Crippen molar-refractivity contribution < 1.29 is 9.53 Å². The molecule has 0 radical (unpaired) electrons. The first-order chi connectivity index (χ1) is 6.77. The van der Waals surface area contributed by atoms with E-state index in [-0.39, 0.29) is 0 Å². The van der Waals surface area contributed by atoms with E-state index in [2.05, 4.69) is 15.0 Å². The van der Waals surface area contributed by atoms with Crippen molar-refractivity contribution in [3.63, 3.8) is 0 Å². The summed E-state index contributed by atoms with van der Waals surface area (Å²) in [7, 11) is 3.07. The molecular weight excluding hydrogens is 180 g/mol. The number of pyridine rings is 1. The molecule has 4 nitrogen and oxygen atoms in total. The van der Waals surface area contributed by atoms with Gasteiger partial charge in [0.25, 0.3) is 0 Å². The zero-order chi connectivity index (χ0) is 11.0. The van der Waals surface area contributed by atoms with E-state index in [1.165, 1.54) is 7.11 Å². The van der Waals surface area contributed by atoms with Crippen LogP contribution in [0.3, 0.4) is 0 Å². The zero-order valence-electron chi connectivity index (χ0n) is 9.00. The molecule has 0 amide bonds. The van der Waals surface area contributed by atoms with E-state index in [1.807, 2.05) is 13.8 Å². The molecule has 0 saturated heterocycles. The molecule has 0 aliphatic heterocycles. The number of esters is 1. The number of carbonyl (C=O) groups excluding carboxylic acids is 1. The van der Waals surface area contributed by atoms with Gasteiger partial charge in [0.05, 0.1) is 7.11 Å². The molecule has 0 bridgehead atoms. The van der Waals surface area contributed by atoms with E-state index in [0.29, 0.717) is 11.5 Å². The Labute approximate surface area is 84.3 Å². The maximum absolute atomic E-state index is 11.0. The number of aromatic nitrogens is 1. The van der Waals surface area contributed by atoms with Crippen LogP contribution < -0.4 is 5.32 Å². The lowest BCUT2D eigenvalue weighted by Gasteiger charge is -2.00. The van der Waals surface area contributed by atoms with Crippen LogP contribution in [0.1, 0.15) is 24.3 Å². The van der Waals surface area contributed by atoms with E-state index in [1.54, 1.807) is 25.2 Å². The van der Waals surface area contributed by atoms with Crippen molar-refractivity contribution in [1.29, 1.82) is 0 Å². The fourth-order valence-electron chi connectivity index (χ4n) is 0.792. The maximum Gasteiger partial charge on any atom is 0.356 e. The first-order valence-corrected chi connectivity index (χ1v) is 4.51. The summed E-state index contributed by atoms with van der Waals surface area (Å²) in [6.07, 6.45) is 0. The zero-order valence-corrected chi connectivity index (χ0v) is 9.00. The molecule has 4 heteroatoms. The number of anilines is 1. The third-order valence-electron chi connectivity index (χ3n) is 1.40. The Morgan fingerprint density at radius 2 is 2.07 bits per heavy atom. The second kappa shape index (κ2) is 6.88. The Hall–Kier alpha value is -1.58. The Bertz CT molecular complexity index is 287. The molecule has 1 rings (SSSR count). The van der Waals surface area contributed by atoms with Gasteiger partial charge in [-0.05, 0) is 12.1 Å². The second-order valence-electron chi connectivity index (χ2n) is 2.15. The van der Waals surface area contributed by atoms with Crippen molar-refractivity contribution in [1.82, 2.24) is 4.98 Å². The van der Waals surface area contributed by atoms with Crippen molar-refractivity contribution in [2.24, 2.45) is 0 Å². The van der Waals surface area contributed by atoms with Crippen molar-refractivity contribution in [2.45, 2.75) is 13.8 Å². The van der Waals surface area contributed by atoms with Gasteiger partial charge in [-0.2, -0.15) is 0 Å². The number of nitrogens with one attached hydrogen (secondary N) is 1. The van der Waals surface area contributed by atoms with Gasteiger partial charge in [-0.15, -0.1) is 0 Å². The summed E-state index contributed by atoms with van der Waals surface area (Å²) in [5.41, 5.74) is 0.310. The highest BCUT2D eigenvalue weighted by Crippen LogP contribution is 2.04. The normalized spacial score (nSPS) is 8.29. The summed E-state index contributed by atoms with van der Waals surface area (Å²) in [6.45, 7) is 4.00. The molecule has 0 atom stereocenters. The van der Waals surface area contributed by atoms with Gasteiger partial charge < -0.3 is 10.1 Å². The lowest BCUT2D eigenvalue weighted by Crippen LogP contribution is -2.05. The van der Waals surface area contributed by atoms with Crippen molar-refractivity contribution >= 4 is 11.8 Å². The highest BCUT2D eigenvalue weighted by atomic mass is 16.5.